The quantitative estimate of drug-likeness (QED) is 0.409. The first-order chi connectivity index (χ1) is 17.1. The molecule has 1 aliphatic rings. The van der Waals surface area contributed by atoms with E-state index in [-0.39, 0.29) is 11.3 Å². The molecule has 1 fully saturated rings. The Labute approximate surface area is 204 Å². The maximum atomic E-state index is 13.5. The number of rotatable bonds is 6. The summed E-state index contributed by atoms with van der Waals surface area (Å²) in [5.74, 6) is -0.203. The minimum Gasteiger partial charge on any atom is -0.465 e. The Kier molecular flexibility index (Phi) is 6.31. The van der Waals surface area contributed by atoms with Crippen LogP contribution in [-0.2, 0) is 10.2 Å². The Bertz CT molecular complexity index is 1360. The molecule has 3 heterocycles. The fourth-order valence-electron chi connectivity index (χ4n) is 5.21. The molecular weight excluding hydrogens is 440 g/mol. The second-order valence-corrected chi connectivity index (χ2v) is 9.06. The fraction of sp³-hybridized carbons (Fsp3) is 0.286. The number of carbonyl (C=O) groups is 2. The molecule has 3 aromatic heterocycles. The number of esters is 1. The van der Waals surface area contributed by atoms with Crippen LogP contribution >= 0.6 is 0 Å². The number of nitrogens with one attached hydrogen (secondary N) is 1. The van der Waals surface area contributed by atoms with Crippen LogP contribution in [-0.4, -0.2) is 40.1 Å². The van der Waals surface area contributed by atoms with Crippen molar-refractivity contribution in [2.24, 2.45) is 0 Å². The molecule has 1 aromatic carbocycles. The molecule has 7 heteroatoms. The van der Waals surface area contributed by atoms with Crippen molar-refractivity contribution >= 4 is 22.8 Å². The number of carbonyl (C=O) groups excluding carboxylic acids is 2. The summed E-state index contributed by atoms with van der Waals surface area (Å²) in [5, 5.41) is 4.02. The van der Waals surface area contributed by atoms with Gasteiger partial charge in [0.05, 0.1) is 18.2 Å². The number of hydrogen-bond donors (Lipinski definition) is 1. The van der Waals surface area contributed by atoms with Crippen molar-refractivity contribution in [2.75, 3.05) is 13.7 Å². The van der Waals surface area contributed by atoms with Crippen molar-refractivity contribution in [1.82, 2.24) is 19.9 Å². The Hall–Kier alpha value is -4.00. The van der Waals surface area contributed by atoms with Gasteiger partial charge in [-0.15, -0.1) is 0 Å². The maximum Gasteiger partial charge on any atom is 0.341 e. The molecule has 1 aliphatic carbocycles. The van der Waals surface area contributed by atoms with Gasteiger partial charge in [0.1, 0.15) is 5.56 Å². The Morgan fingerprint density at radius 1 is 1.00 bits per heavy atom. The van der Waals surface area contributed by atoms with E-state index in [9.17, 15) is 9.59 Å². The standard InChI is InChI=1S/C28H28N4O3/c1-35-27(34)22-11-8-16-30-25(22)32-18-23(21-10-3-4-12-24(21)32)26(33)31-19-28(13-5-2-6-14-28)20-9-7-15-29-17-20/h3-4,7-12,15-18H,2,5-6,13-14,19H2,1H3,(H,31,33). The molecule has 1 N–H and O–H groups in total. The first-order valence-corrected chi connectivity index (χ1v) is 12.0. The SMILES string of the molecule is COC(=O)c1cccnc1-n1cc(C(=O)NCC2(c3cccnc3)CCCCC2)c2ccccc21. The first kappa shape index (κ1) is 22.8. The first-order valence-electron chi connectivity index (χ1n) is 12.0. The highest BCUT2D eigenvalue weighted by Gasteiger charge is 2.35. The zero-order chi connectivity index (χ0) is 24.3. The maximum absolute atomic E-state index is 13.5. The van der Waals surface area contributed by atoms with Crippen LogP contribution in [0.5, 0.6) is 0 Å². The highest BCUT2D eigenvalue weighted by Crippen LogP contribution is 2.39. The molecule has 0 saturated heterocycles. The summed E-state index contributed by atoms with van der Waals surface area (Å²) >= 11 is 0. The van der Waals surface area contributed by atoms with Gasteiger partial charge in [-0.3, -0.25) is 14.3 Å². The summed E-state index contributed by atoms with van der Waals surface area (Å²) in [5.41, 5.74) is 2.74. The van der Waals surface area contributed by atoms with Crippen molar-refractivity contribution in [3.63, 3.8) is 0 Å². The van der Waals surface area contributed by atoms with Gasteiger partial charge >= 0.3 is 5.97 Å². The van der Waals surface area contributed by atoms with E-state index >= 15 is 0 Å². The second-order valence-electron chi connectivity index (χ2n) is 9.06. The lowest BCUT2D eigenvalue weighted by molar-refractivity contribution is 0.0600. The number of methoxy groups -OCH3 is 1. The zero-order valence-electron chi connectivity index (χ0n) is 19.7. The molecule has 0 atom stereocenters. The minimum atomic E-state index is -0.479. The van der Waals surface area contributed by atoms with E-state index in [0.717, 1.165) is 36.6 Å². The van der Waals surface area contributed by atoms with Gasteiger partial charge in [0.2, 0.25) is 0 Å². The molecule has 0 aliphatic heterocycles. The molecule has 0 bridgehead atoms. The van der Waals surface area contributed by atoms with Crippen LogP contribution in [0.1, 0.15) is 58.4 Å². The van der Waals surface area contributed by atoms with E-state index in [1.807, 2.05) is 36.5 Å². The molecule has 178 valence electrons. The van der Waals surface area contributed by atoms with Gasteiger partial charge in [-0.1, -0.05) is 43.5 Å². The molecule has 4 aromatic rings. The summed E-state index contributed by atoms with van der Waals surface area (Å²) in [6.07, 6.45) is 12.6. The summed E-state index contributed by atoms with van der Waals surface area (Å²) < 4.78 is 6.73. The Morgan fingerprint density at radius 2 is 1.80 bits per heavy atom. The number of nitrogens with zero attached hydrogens (tertiary/aromatic N) is 3. The third-order valence-electron chi connectivity index (χ3n) is 7.05. The molecule has 0 unspecified atom stereocenters. The molecular formula is C28H28N4O3. The Balaban J connectivity index is 1.50. The second kappa shape index (κ2) is 9.70. The van der Waals surface area contributed by atoms with Gasteiger partial charge in [-0.05, 0) is 42.7 Å². The molecule has 35 heavy (non-hydrogen) atoms. The van der Waals surface area contributed by atoms with Gasteiger partial charge in [-0.2, -0.15) is 0 Å². The van der Waals surface area contributed by atoms with E-state index in [1.54, 1.807) is 35.3 Å². The van der Waals surface area contributed by atoms with Crippen LogP contribution in [0.4, 0.5) is 0 Å². The smallest absolute Gasteiger partial charge is 0.341 e. The van der Waals surface area contributed by atoms with Crippen LogP contribution in [0.2, 0.25) is 0 Å². The number of hydrogen-bond acceptors (Lipinski definition) is 5. The van der Waals surface area contributed by atoms with E-state index in [0.29, 0.717) is 23.5 Å². The van der Waals surface area contributed by atoms with Crippen molar-refractivity contribution in [3.8, 4) is 5.82 Å². The van der Waals surface area contributed by atoms with Crippen LogP contribution in [0, 0.1) is 0 Å². The normalized spacial score (nSPS) is 15.0. The minimum absolute atomic E-state index is 0.112. The predicted molar refractivity (Wildman–Crippen MR) is 134 cm³/mol. The van der Waals surface area contributed by atoms with E-state index < -0.39 is 5.97 Å². The third kappa shape index (κ3) is 4.30. The third-order valence-corrected chi connectivity index (χ3v) is 7.05. The lowest BCUT2D eigenvalue weighted by Crippen LogP contribution is -2.42. The number of benzene rings is 1. The number of aromatic nitrogens is 3. The highest BCUT2D eigenvalue weighted by molar-refractivity contribution is 6.07. The highest BCUT2D eigenvalue weighted by atomic mass is 16.5. The zero-order valence-corrected chi connectivity index (χ0v) is 19.7. The fourth-order valence-corrected chi connectivity index (χ4v) is 5.21. The summed E-state index contributed by atoms with van der Waals surface area (Å²) in [6.45, 7) is 0.550. The van der Waals surface area contributed by atoms with Crippen LogP contribution < -0.4 is 5.32 Å². The lowest BCUT2D eigenvalue weighted by atomic mass is 9.70. The van der Waals surface area contributed by atoms with Gasteiger partial charge in [0, 0.05) is 42.1 Å². The van der Waals surface area contributed by atoms with E-state index in [2.05, 4.69) is 21.4 Å². The van der Waals surface area contributed by atoms with Gasteiger partial charge in [-0.25, -0.2) is 9.78 Å². The number of ether oxygens (including phenoxy) is 1. The summed E-state index contributed by atoms with van der Waals surface area (Å²) in [7, 11) is 1.34. The molecule has 1 saturated carbocycles. The largest absolute Gasteiger partial charge is 0.465 e. The average Bonchev–Trinajstić information content (AvgIpc) is 3.32. The van der Waals surface area contributed by atoms with E-state index in [1.165, 1.54) is 19.1 Å². The van der Waals surface area contributed by atoms with Gasteiger partial charge < -0.3 is 10.1 Å². The lowest BCUT2D eigenvalue weighted by Gasteiger charge is -2.37. The number of amides is 1. The molecule has 7 nitrogen and oxygen atoms in total. The number of pyridine rings is 2. The number of para-hydroxylation sites is 1. The summed E-state index contributed by atoms with van der Waals surface area (Å²) in [6, 6.07) is 15.1. The summed E-state index contributed by atoms with van der Waals surface area (Å²) in [4.78, 5) is 34.7. The van der Waals surface area contributed by atoms with Crippen molar-refractivity contribution in [3.05, 3.63) is 90.0 Å². The van der Waals surface area contributed by atoms with Gasteiger partial charge in [0.25, 0.3) is 5.91 Å². The molecule has 0 radical (unpaired) electrons. The van der Waals surface area contributed by atoms with Gasteiger partial charge in [0.15, 0.2) is 5.82 Å². The molecule has 1 amide bonds. The van der Waals surface area contributed by atoms with E-state index in [4.69, 9.17) is 4.74 Å². The van der Waals surface area contributed by atoms with Crippen LogP contribution in [0.25, 0.3) is 16.7 Å². The molecule has 5 rings (SSSR count). The Morgan fingerprint density at radius 3 is 2.57 bits per heavy atom. The molecule has 0 spiro atoms. The van der Waals surface area contributed by atoms with Crippen LogP contribution in [0.15, 0.2) is 73.3 Å². The topological polar surface area (TPSA) is 86.1 Å². The van der Waals surface area contributed by atoms with Crippen LogP contribution in [0.3, 0.4) is 0 Å². The van der Waals surface area contributed by atoms with Crippen molar-refractivity contribution in [2.45, 2.75) is 37.5 Å². The monoisotopic (exact) mass is 468 g/mol. The predicted octanol–water partition coefficient (Wildman–Crippen LogP) is 4.84. The average molecular weight is 469 g/mol. The van der Waals surface area contributed by atoms with Crippen molar-refractivity contribution < 1.29 is 14.3 Å². The van der Waals surface area contributed by atoms with Crippen molar-refractivity contribution in [1.29, 1.82) is 0 Å². The number of fused-ring (bicyclic) bond motifs is 1.